The van der Waals surface area contributed by atoms with Crippen molar-refractivity contribution in [3.8, 4) is 22.3 Å². The van der Waals surface area contributed by atoms with E-state index in [1.807, 2.05) is 30.5 Å². The molecule has 4 heterocycles. The maximum Gasteiger partial charge on any atom is 0.407 e. The molecule has 2 aliphatic rings. The lowest BCUT2D eigenvalue weighted by molar-refractivity contribution is 0.0529. The van der Waals surface area contributed by atoms with Gasteiger partial charge in [-0.15, -0.1) is 0 Å². The molecular formula is C49H56N10O5. The number of nitrogens with two attached hydrogens (primary N) is 2. The summed E-state index contributed by atoms with van der Waals surface area (Å²) in [6.45, 7) is 7.36. The maximum absolute atomic E-state index is 12.4. The second-order valence-electron chi connectivity index (χ2n) is 16.4. The molecule has 2 fully saturated rings. The number of carboxylic acids is 1. The number of nitrogens with one attached hydrogen (secondary N) is 4. The number of aromatic nitrogens is 4. The minimum atomic E-state index is -1.02. The molecule has 4 aromatic heterocycles. The number of benzene rings is 2. The number of carbonyl (C=O) groups excluding carboxylic acids is 2. The largest absolute Gasteiger partial charge is 0.478 e. The van der Waals surface area contributed by atoms with Crippen molar-refractivity contribution >= 4 is 41.2 Å². The van der Waals surface area contributed by atoms with E-state index in [9.17, 15) is 14.4 Å². The molecule has 0 unspecified atom stereocenters. The van der Waals surface area contributed by atoms with Crippen LogP contribution in [0, 0.1) is 0 Å². The number of hydrogen-bond acceptors (Lipinski definition) is 12. The number of alkyl carbamates (subject to hydrolysis) is 1. The highest BCUT2D eigenvalue weighted by Gasteiger charge is 2.24. The summed E-state index contributed by atoms with van der Waals surface area (Å²) in [6.07, 6.45) is 11.2. The van der Waals surface area contributed by atoms with Gasteiger partial charge in [0.25, 0.3) is 5.91 Å². The Morgan fingerprint density at radius 2 is 1.17 bits per heavy atom. The van der Waals surface area contributed by atoms with E-state index in [4.69, 9.17) is 21.3 Å². The fourth-order valence-corrected chi connectivity index (χ4v) is 6.31. The number of nitrogens with zero attached hydrogens (tertiary/aromatic N) is 4. The van der Waals surface area contributed by atoms with Gasteiger partial charge < -0.3 is 42.6 Å². The number of aromatic carboxylic acids is 1. The van der Waals surface area contributed by atoms with Crippen molar-refractivity contribution in [2.45, 2.75) is 63.9 Å². The molecule has 2 aliphatic carbocycles. The van der Waals surface area contributed by atoms with E-state index >= 15 is 0 Å². The summed E-state index contributed by atoms with van der Waals surface area (Å²) in [5, 5.41) is 20.1. The summed E-state index contributed by atoms with van der Waals surface area (Å²) in [5.74, 6) is 2.57. The predicted molar refractivity (Wildman–Crippen MR) is 251 cm³/mol. The Morgan fingerprint density at radius 3 is 1.64 bits per heavy atom. The van der Waals surface area contributed by atoms with Crippen molar-refractivity contribution < 1.29 is 24.2 Å². The first-order valence-electron chi connectivity index (χ1n) is 21.3. The summed E-state index contributed by atoms with van der Waals surface area (Å²) in [5.41, 5.74) is 18.5. The van der Waals surface area contributed by atoms with Crippen LogP contribution in [0.2, 0.25) is 0 Å². The Morgan fingerprint density at radius 1 is 0.641 bits per heavy atom. The molecule has 2 saturated carbocycles. The molecule has 8 rings (SSSR count). The fourth-order valence-electron chi connectivity index (χ4n) is 6.31. The Balaban J connectivity index is 0.000000167. The molecule has 6 aromatic rings. The first-order valence-corrected chi connectivity index (χ1v) is 21.3. The van der Waals surface area contributed by atoms with Gasteiger partial charge in [-0.25, -0.2) is 29.5 Å². The predicted octanol–water partition coefficient (Wildman–Crippen LogP) is 8.57. The molecule has 332 valence electrons. The molecule has 0 atom stereocenters. The van der Waals surface area contributed by atoms with Gasteiger partial charge >= 0.3 is 12.1 Å². The van der Waals surface area contributed by atoms with E-state index in [2.05, 4.69) is 89.7 Å². The number of hydrogen-bond donors (Lipinski definition) is 7. The highest BCUT2D eigenvalue weighted by Crippen LogP contribution is 2.42. The molecule has 15 heteroatoms. The Hall–Kier alpha value is -7.39. The lowest BCUT2D eigenvalue weighted by Gasteiger charge is -2.19. The first kappa shape index (κ1) is 46.1. The number of nitrogen functional groups attached to an aromatic ring is 1. The van der Waals surface area contributed by atoms with Gasteiger partial charge in [0, 0.05) is 62.1 Å². The third-order valence-corrected chi connectivity index (χ3v) is 9.91. The van der Waals surface area contributed by atoms with E-state index in [-0.39, 0.29) is 11.5 Å². The summed E-state index contributed by atoms with van der Waals surface area (Å²) in [6, 6.07) is 31.5. The zero-order valence-corrected chi connectivity index (χ0v) is 36.4. The van der Waals surface area contributed by atoms with Gasteiger partial charge in [0.1, 0.15) is 28.9 Å². The summed E-state index contributed by atoms with van der Waals surface area (Å²) in [4.78, 5) is 51.0. The second-order valence-corrected chi connectivity index (χ2v) is 16.4. The monoisotopic (exact) mass is 864 g/mol. The van der Waals surface area contributed by atoms with Crippen LogP contribution in [0.5, 0.6) is 0 Å². The van der Waals surface area contributed by atoms with Gasteiger partial charge in [-0.2, -0.15) is 0 Å². The quantitative estimate of drug-likeness (QED) is 0.0509. The van der Waals surface area contributed by atoms with E-state index in [1.165, 1.54) is 60.8 Å². The molecule has 9 N–H and O–H groups in total. The van der Waals surface area contributed by atoms with Crippen molar-refractivity contribution in [3.05, 3.63) is 144 Å². The molecule has 2 aromatic carbocycles. The zero-order chi connectivity index (χ0) is 45.5. The zero-order valence-electron chi connectivity index (χ0n) is 36.4. The summed E-state index contributed by atoms with van der Waals surface area (Å²) >= 11 is 0. The fraction of sp³-hybridized carbons (Fsp3) is 0.286. The number of carbonyl (C=O) groups is 3. The molecular weight excluding hydrogens is 809 g/mol. The number of ether oxygens (including phenoxy) is 1. The van der Waals surface area contributed by atoms with E-state index < -0.39 is 17.7 Å². The average molecular weight is 865 g/mol. The van der Waals surface area contributed by atoms with Gasteiger partial charge in [-0.3, -0.25) is 4.79 Å². The van der Waals surface area contributed by atoms with E-state index in [1.54, 1.807) is 45.2 Å². The standard InChI is InChI=1S/C22H23N5O.C14H14N2.C13H19N3O4/c23-10-11-24-20-8-7-19(14-25-20)22(28)27-21-9-6-18(13-26-21)17-3-1-2-16(12-17)15-4-5-15;15-14-7-6-13(9-16-14)12-3-1-2-11(8-12)10-4-5-10;1-13(2,3)20-12(19)15-7-6-14-10-5-4-9(8-16-10)11(17)18/h1-3,6-9,12-15H,4-5,10-11,23H2,(H,24,25)(H,26,27,28);1-3,6-10H,4-5H2,(H2,15,16);4-5,8H,6-7H2,1-3H3,(H,14,16)(H,15,19)(H,17,18). The van der Waals surface area contributed by atoms with Gasteiger partial charge in [0.2, 0.25) is 0 Å². The van der Waals surface area contributed by atoms with Crippen LogP contribution in [0.15, 0.2) is 122 Å². The van der Waals surface area contributed by atoms with E-state index in [0.29, 0.717) is 55.0 Å². The van der Waals surface area contributed by atoms with Crippen molar-refractivity contribution in [3.63, 3.8) is 0 Å². The van der Waals surface area contributed by atoms with Crippen LogP contribution in [-0.2, 0) is 4.74 Å². The van der Waals surface area contributed by atoms with Crippen LogP contribution < -0.4 is 32.7 Å². The molecule has 0 saturated heterocycles. The average Bonchev–Trinajstić information content (AvgIpc) is 4.23. The van der Waals surface area contributed by atoms with Crippen LogP contribution in [-0.4, -0.2) is 74.8 Å². The lowest BCUT2D eigenvalue weighted by atomic mass is 10.0. The minimum Gasteiger partial charge on any atom is -0.478 e. The molecule has 15 nitrogen and oxygen atoms in total. The maximum atomic E-state index is 12.4. The number of carboxylic acid groups (broad SMARTS) is 1. The third kappa shape index (κ3) is 14.9. The van der Waals surface area contributed by atoms with Gasteiger partial charge in [0.05, 0.1) is 11.1 Å². The van der Waals surface area contributed by atoms with Crippen molar-refractivity contribution in [1.29, 1.82) is 0 Å². The smallest absolute Gasteiger partial charge is 0.407 e. The molecule has 0 bridgehead atoms. The van der Waals surface area contributed by atoms with E-state index in [0.717, 1.165) is 28.5 Å². The van der Waals surface area contributed by atoms with Gasteiger partial charge in [-0.1, -0.05) is 48.5 Å². The van der Waals surface area contributed by atoms with Gasteiger partial charge in [-0.05, 0) is 129 Å². The van der Waals surface area contributed by atoms with Gasteiger partial charge in [0.15, 0.2) is 0 Å². The molecule has 0 spiro atoms. The van der Waals surface area contributed by atoms with Crippen molar-refractivity contribution in [2.75, 3.05) is 47.9 Å². The normalized spacial score (nSPS) is 12.9. The molecule has 0 radical (unpaired) electrons. The SMILES string of the molecule is CC(C)(C)OC(=O)NCCNc1ccc(C(=O)O)cn1.NCCNc1ccc(C(=O)Nc2ccc(-c3cccc(C4CC4)c3)cn2)cn1.Nc1ccc(-c2cccc(C3CC3)c2)cn1. The third-order valence-electron chi connectivity index (χ3n) is 9.91. The number of anilines is 4. The van der Waals surface area contributed by atoms with Crippen molar-refractivity contribution in [1.82, 2.24) is 25.3 Å². The molecule has 64 heavy (non-hydrogen) atoms. The minimum absolute atomic E-state index is 0.127. The topological polar surface area (TPSA) is 232 Å². The second kappa shape index (κ2) is 22.1. The summed E-state index contributed by atoms with van der Waals surface area (Å²) < 4.78 is 5.07. The summed E-state index contributed by atoms with van der Waals surface area (Å²) in [7, 11) is 0. The molecule has 2 amide bonds. The lowest BCUT2D eigenvalue weighted by Crippen LogP contribution is -2.35. The van der Waals surface area contributed by atoms with Crippen LogP contribution >= 0.6 is 0 Å². The highest BCUT2D eigenvalue weighted by atomic mass is 16.6. The number of amides is 2. The van der Waals surface area contributed by atoms with Crippen LogP contribution in [0.3, 0.4) is 0 Å². The first-order chi connectivity index (χ1) is 30.8. The highest BCUT2D eigenvalue weighted by molar-refractivity contribution is 6.03. The number of pyridine rings is 4. The Labute approximate surface area is 373 Å². The van der Waals surface area contributed by atoms with Crippen LogP contribution in [0.1, 0.15) is 90.1 Å². The number of rotatable bonds is 14. The van der Waals surface area contributed by atoms with Crippen molar-refractivity contribution in [2.24, 2.45) is 5.73 Å². The Bertz CT molecular complexity index is 2450. The van der Waals surface area contributed by atoms with Crippen LogP contribution in [0.25, 0.3) is 22.3 Å². The molecule has 0 aliphatic heterocycles. The van der Waals surface area contributed by atoms with Crippen LogP contribution in [0.4, 0.5) is 28.1 Å². The Kier molecular flexibility index (Phi) is 15.9.